The second-order valence-corrected chi connectivity index (χ2v) is 9.65. The van der Waals surface area contributed by atoms with E-state index in [2.05, 4.69) is 4.98 Å². The summed E-state index contributed by atoms with van der Waals surface area (Å²) < 4.78 is 6.13. The highest BCUT2D eigenvalue weighted by molar-refractivity contribution is 7.17. The third-order valence-electron chi connectivity index (χ3n) is 5.81. The highest BCUT2D eigenvalue weighted by Crippen LogP contribution is 2.25. The molecule has 0 bridgehead atoms. The number of anilines is 1. The maximum absolute atomic E-state index is 13.4. The van der Waals surface area contributed by atoms with Gasteiger partial charge in [0.05, 0.1) is 16.0 Å². The third-order valence-corrected chi connectivity index (χ3v) is 7.01. The van der Waals surface area contributed by atoms with Crippen molar-refractivity contribution in [3.8, 4) is 0 Å². The Morgan fingerprint density at radius 1 is 1.33 bits per heavy atom. The van der Waals surface area contributed by atoms with Crippen LogP contribution in [0, 0.1) is 0 Å². The van der Waals surface area contributed by atoms with Crippen LogP contribution in [0.3, 0.4) is 0 Å². The first-order valence-corrected chi connectivity index (χ1v) is 11.8. The van der Waals surface area contributed by atoms with Gasteiger partial charge in [-0.1, -0.05) is 23.7 Å². The molecule has 2 N–H and O–H groups in total. The van der Waals surface area contributed by atoms with Crippen molar-refractivity contribution in [2.45, 2.75) is 25.6 Å². The molecule has 0 spiro atoms. The highest BCUT2D eigenvalue weighted by atomic mass is 35.5. The van der Waals surface area contributed by atoms with Crippen molar-refractivity contribution in [2.24, 2.45) is 0 Å². The number of aromatic nitrogens is 1. The fraction of sp³-hybridized carbons (Fsp3) is 0.292. The maximum Gasteiger partial charge on any atom is 0.248 e. The number of pyridine rings is 1. The molecule has 3 heterocycles. The predicted molar refractivity (Wildman–Crippen MR) is 132 cm³/mol. The van der Waals surface area contributed by atoms with E-state index in [-0.39, 0.29) is 11.8 Å². The van der Waals surface area contributed by atoms with Crippen molar-refractivity contribution in [3.05, 3.63) is 63.4 Å². The molecule has 1 unspecified atom stereocenters. The largest absolute Gasteiger partial charge is 0.398 e. The SMILES string of the molecule is CO[C@H](C)C1C(=O)N(Cc2ccc3c(N)ccnc3c2)CCN1C(=O)C=Cc1ccc(Cl)s1. The molecule has 0 saturated carbocycles. The summed E-state index contributed by atoms with van der Waals surface area (Å²) >= 11 is 7.35. The van der Waals surface area contributed by atoms with Gasteiger partial charge in [0.2, 0.25) is 11.8 Å². The molecule has 1 aliphatic heterocycles. The number of nitrogens with zero attached hydrogens (tertiary/aromatic N) is 3. The van der Waals surface area contributed by atoms with Gasteiger partial charge in [0, 0.05) is 55.0 Å². The van der Waals surface area contributed by atoms with Crippen LogP contribution in [-0.4, -0.2) is 58.9 Å². The van der Waals surface area contributed by atoms with Gasteiger partial charge < -0.3 is 20.3 Å². The van der Waals surface area contributed by atoms with Gasteiger partial charge in [0.15, 0.2) is 0 Å². The normalized spacial score (nSPS) is 17.8. The van der Waals surface area contributed by atoms with Crippen LogP contribution in [0.2, 0.25) is 4.34 Å². The lowest BCUT2D eigenvalue weighted by Crippen LogP contribution is -2.62. The standard InChI is InChI=1S/C24H25ClN4O3S/c1-15(32-2)23-24(31)28(14-16-3-6-18-19(26)9-10-27-20(18)13-16)11-12-29(23)22(30)8-5-17-4-7-21(25)33-17/h3-10,13,15,23H,11-12,14H2,1-2H3,(H2,26,27)/t15-,23?/m1/s1. The number of rotatable bonds is 6. The Balaban J connectivity index is 1.52. The number of halogens is 1. The van der Waals surface area contributed by atoms with Crippen molar-refractivity contribution in [3.63, 3.8) is 0 Å². The zero-order valence-corrected chi connectivity index (χ0v) is 20.0. The van der Waals surface area contributed by atoms with Crippen molar-refractivity contribution < 1.29 is 14.3 Å². The zero-order valence-electron chi connectivity index (χ0n) is 18.4. The number of nitrogens with two attached hydrogens (primary N) is 1. The first-order chi connectivity index (χ1) is 15.9. The number of ether oxygens (including phenoxy) is 1. The summed E-state index contributed by atoms with van der Waals surface area (Å²) in [7, 11) is 1.54. The quantitative estimate of drug-likeness (QED) is 0.537. The van der Waals surface area contributed by atoms with E-state index in [1.807, 2.05) is 24.3 Å². The molecule has 4 rings (SSSR count). The molecule has 0 radical (unpaired) electrons. The van der Waals surface area contributed by atoms with E-state index in [0.29, 0.717) is 29.7 Å². The molecule has 1 saturated heterocycles. The van der Waals surface area contributed by atoms with Crippen LogP contribution < -0.4 is 5.73 Å². The van der Waals surface area contributed by atoms with Crippen LogP contribution >= 0.6 is 22.9 Å². The van der Waals surface area contributed by atoms with Gasteiger partial charge in [-0.05, 0) is 42.8 Å². The van der Waals surface area contributed by atoms with Gasteiger partial charge in [-0.3, -0.25) is 14.6 Å². The van der Waals surface area contributed by atoms with Gasteiger partial charge in [-0.25, -0.2) is 0 Å². The van der Waals surface area contributed by atoms with Crippen LogP contribution in [0.4, 0.5) is 5.69 Å². The summed E-state index contributed by atoms with van der Waals surface area (Å²) in [6, 6.07) is 10.5. The molecule has 172 valence electrons. The van der Waals surface area contributed by atoms with Crippen LogP contribution in [0.5, 0.6) is 0 Å². The van der Waals surface area contributed by atoms with E-state index in [1.54, 1.807) is 48.2 Å². The van der Waals surface area contributed by atoms with Crippen LogP contribution in [-0.2, 0) is 20.9 Å². The summed E-state index contributed by atoms with van der Waals surface area (Å²) in [6.07, 6.45) is 4.43. The Morgan fingerprint density at radius 3 is 2.88 bits per heavy atom. The first-order valence-electron chi connectivity index (χ1n) is 10.6. The molecule has 33 heavy (non-hydrogen) atoms. The molecule has 3 aromatic rings. The number of methoxy groups -OCH3 is 1. The average Bonchev–Trinajstić information content (AvgIpc) is 3.23. The fourth-order valence-electron chi connectivity index (χ4n) is 3.99. The fourth-order valence-corrected chi connectivity index (χ4v) is 4.95. The maximum atomic E-state index is 13.4. The molecule has 9 heteroatoms. The second kappa shape index (κ2) is 9.91. The second-order valence-electron chi connectivity index (χ2n) is 7.90. The summed E-state index contributed by atoms with van der Waals surface area (Å²) in [5.41, 5.74) is 8.42. The van der Waals surface area contributed by atoms with Crippen LogP contribution in [0.25, 0.3) is 17.0 Å². The predicted octanol–water partition coefficient (Wildman–Crippen LogP) is 3.82. The Hall–Kier alpha value is -2.94. The van der Waals surface area contributed by atoms with Crippen LogP contribution in [0.15, 0.2) is 48.7 Å². The van der Waals surface area contributed by atoms with E-state index in [0.717, 1.165) is 21.3 Å². The Kier molecular flexibility index (Phi) is 6.97. The summed E-state index contributed by atoms with van der Waals surface area (Å²) in [6.45, 7) is 3.07. The van der Waals surface area contributed by atoms with Gasteiger partial charge in [0.1, 0.15) is 6.04 Å². The number of nitrogen functional groups attached to an aromatic ring is 1. The number of piperazine rings is 1. The van der Waals surface area contributed by atoms with E-state index >= 15 is 0 Å². The van der Waals surface area contributed by atoms with E-state index < -0.39 is 12.1 Å². The number of thiophene rings is 1. The number of carbonyl (C=O) groups excluding carboxylic acids is 2. The van der Waals surface area contributed by atoms with Crippen molar-refractivity contribution in [1.29, 1.82) is 0 Å². The Labute approximate surface area is 201 Å². The van der Waals surface area contributed by atoms with Crippen molar-refractivity contribution in [2.75, 3.05) is 25.9 Å². The molecule has 2 atom stereocenters. The molecular formula is C24H25ClN4O3S. The van der Waals surface area contributed by atoms with Crippen molar-refractivity contribution in [1.82, 2.24) is 14.8 Å². The lowest BCUT2D eigenvalue weighted by atomic mass is 10.0. The lowest BCUT2D eigenvalue weighted by Gasteiger charge is -2.42. The first kappa shape index (κ1) is 23.2. The molecule has 0 aliphatic carbocycles. The minimum atomic E-state index is -0.706. The molecule has 1 aromatic carbocycles. The van der Waals surface area contributed by atoms with E-state index in [1.165, 1.54) is 17.4 Å². The summed E-state index contributed by atoms with van der Waals surface area (Å²) in [5, 5.41) is 0.882. The van der Waals surface area contributed by atoms with Crippen molar-refractivity contribution >= 4 is 57.4 Å². The molecule has 2 aromatic heterocycles. The summed E-state index contributed by atoms with van der Waals surface area (Å²) in [5.74, 6) is -0.371. The van der Waals surface area contributed by atoms with Gasteiger partial charge in [-0.2, -0.15) is 0 Å². The number of hydrogen-bond acceptors (Lipinski definition) is 6. The monoisotopic (exact) mass is 484 g/mol. The number of amides is 2. The third kappa shape index (κ3) is 5.03. The number of fused-ring (bicyclic) bond motifs is 1. The topological polar surface area (TPSA) is 88.8 Å². The van der Waals surface area contributed by atoms with E-state index in [9.17, 15) is 9.59 Å². The Bertz CT molecular complexity index is 1210. The number of carbonyl (C=O) groups is 2. The minimum absolute atomic E-state index is 0.142. The molecule has 1 aliphatic rings. The number of benzene rings is 1. The zero-order chi connectivity index (χ0) is 23.5. The van der Waals surface area contributed by atoms with Gasteiger partial charge >= 0.3 is 0 Å². The Morgan fingerprint density at radius 2 is 2.15 bits per heavy atom. The smallest absolute Gasteiger partial charge is 0.248 e. The van der Waals surface area contributed by atoms with Gasteiger partial charge in [-0.15, -0.1) is 11.3 Å². The number of hydrogen-bond donors (Lipinski definition) is 1. The lowest BCUT2D eigenvalue weighted by molar-refractivity contribution is -0.155. The van der Waals surface area contributed by atoms with E-state index in [4.69, 9.17) is 22.1 Å². The molecule has 2 amide bonds. The molecule has 1 fully saturated rings. The average molecular weight is 485 g/mol. The van der Waals surface area contributed by atoms with Gasteiger partial charge in [0.25, 0.3) is 0 Å². The molecule has 7 nitrogen and oxygen atoms in total. The molecular weight excluding hydrogens is 460 g/mol. The minimum Gasteiger partial charge on any atom is -0.398 e. The summed E-state index contributed by atoms with van der Waals surface area (Å²) in [4.78, 5) is 35.0. The highest BCUT2D eigenvalue weighted by Gasteiger charge is 2.40. The van der Waals surface area contributed by atoms with Crippen LogP contribution in [0.1, 0.15) is 17.4 Å².